The van der Waals surface area contributed by atoms with Crippen LogP contribution in [-0.2, 0) is 0 Å². The fraction of sp³-hybridized carbons (Fsp3) is 0.250. The molecule has 0 unspecified atom stereocenters. The summed E-state index contributed by atoms with van der Waals surface area (Å²) >= 11 is 45.9. The fourth-order valence-corrected chi connectivity index (χ4v) is 13.1. The van der Waals surface area contributed by atoms with Crippen molar-refractivity contribution in [2.75, 3.05) is 19.8 Å². The summed E-state index contributed by atoms with van der Waals surface area (Å²) < 4.78 is 27.9. The van der Waals surface area contributed by atoms with E-state index in [0.717, 1.165) is 70.1 Å². The van der Waals surface area contributed by atoms with Gasteiger partial charge in [-0.1, -0.05) is 47.8 Å². The molecule has 0 aromatic heterocycles. The number of hydrogen-bond acceptors (Lipinski definition) is 3. The van der Waals surface area contributed by atoms with Crippen molar-refractivity contribution in [3.63, 3.8) is 0 Å². The Morgan fingerprint density at radius 3 is 0.775 bits per heavy atom. The van der Waals surface area contributed by atoms with Crippen molar-refractivity contribution in [3.8, 4) is 17.2 Å². The van der Waals surface area contributed by atoms with Gasteiger partial charge in [0.25, 0.3) is 6.71 Å². The number of halogens is 12. The maximum Gasteiger partial charge on any atom is 0.250 e. The lowest BCUT2D eigenvalue weighted by atomic mass is 9.36. The van der Waals surface area contributed by atoms with E-state index in [0.29, 0.717) is 37.1 Å². The van der Waals surface area contributed by atoms with Gasteiger partial charge in [-0.05, 0) is 181 Å². The number of benzene rings is 3. The first-order chi connectivity index (χ1) is 18.8. The zero-order chi connectivity index (χ0) is 30.2. The summed E-state index contributed by atoms with van der Waals surface area (Å²) in [7, 11) is 0. The first kappa shape index (κ1) is 37.3. The Hall–Kier alpha value is 2.88. The molecule has 0 amide bonds. The van der Waals surface area contributed by atoms with E-state index in [-0.39, 0.29) is 0 Å². The maximum atomic E-state index is 6.12. The third-order valence-electron chi connectivity index (χ3n) is 5.50. The van der Waals surface area contributed by atoms with Gasteiger partial charge in [-0.3, -0.25) is 0 Å². The molecule has 0 aliphatic heterocycles. The highest BCUT2D eigenvalue weighted by molar-refractivity contribution is 9.15. The van der Waals surface area contributed by atoms with E-state index >= 15 is 0 Å². The van der Waals surface area contributed by atoms with Gasteiger partial charge < -0.3 is 14.2 Å². The van der Waals surface area contributed by atoms with Crippen LogP contribution < -0.4 is 30.6 Å². The lowest BCUT2D eigenvalue weighted by Crippen LogP contribution is -2.55. The minimum atomic E-state index is -0.438. The Morgan fingerprint density at radius 2 is 0.575 bits per heavy atom. The van der Waals surface area contributed by atoms with Crippen LogP contribution in [0.15, 0.2) is 53.7 Å². The van der Waals surface area contributed by atoms with Gasteiger partial charge in [0.2, 0.25) is 0 Å². The third-order valence-corrected chi connectivity index (χ3v) is 18.2. The topological polar surface area (TPSA) is 27.7 Å². The molecule has 16 heteroatoms. The standard InChI is InChI=1S/C24H15BBr12O3/c1-4-38-22-13(29)7(10(26)16(32)19(22)35)25(8-11(27)17(33)20(36)23(14(8)30)39-5-2)9-12(28)18(34)21(37)24(15(9)31)40-6-3/h4-6H2,1-3H3. The van der Waals surface area contributed by atoms with Gasteiger partial charge in [0.15, 0.2) is 0 Å². The predicted molar refractivity (Wildman–Crippen MR) is 210 cm³/mol. The Balaban J connectivity index is 2.70. The van der Waals surface area contributed by atoms with E-state index in [9.17, 15) is 0 Å². The highest BCUT2D eigenvalue weighted by Gasteiger charge is 2.40. The number of rotatable bonds is 9. The van der Waals surface area contributed by atoms with Crippen molar-refractivity contribution in [1.29, 1.82) is 0 Å². The molecule has 0 saturated carbocycles. The van der Waals surface area contributed by atoms with Crippen LogP contribution >= 0.6 is 191 Å². The number of hydrogen-bond donors (Lipinski definition) is 0. The molecule has 40 heavy (non-hydrogen) atoms. The lowest BCUT2D eigenvalue weighted by molar-refractivity contribution is 0.336. The summed E-state index contributed by atoms with van der Waals surface area (Å²) in [5.74, 6) is 2.00. The van der Waals surface area contributed by atoms with Crippen molar-refractivity contribution < 1.29 is 14.2 Å². The molecule has 0 bridgehead atoms. The van der Waals surface area contributed by atoms with Gasteiger partial charge in [-0.2, -0.15) is 0 Å². The van der Waals surface area contributed by atoms with Crippen LogP contribution in [0.4, 0.5) is 0 Å². The van der Waals surface area contributed by atoms with Crippen LogP contribution in [0.2, 0.25) is 0 Å². The van der Waals surface area contributed by atoms with E-state index < -0.39 is 6.71 Å². The molecule has 216 valence electrons. The molecular weight excluding hydrogens is 1310 g/mol. The van der Waals surface area contributed by atoms with E-state index in [1.54, 1.807) is 0 Å². The molecule has 3 aromatic rings. The Kier molecular flexibility index (Phi) is 15.1. The third kappa shape index (κ3) is 7.07. The van der Waals surface area contributed by atoms with Gasteiger partial charge >= 0.3 is 0 Å². The van der Waals surface area contributed by atoms with Crippen LogP contribution in [0.5, 0.6) is 17.2 Å². The minimum Gasteiger partial charge on any atom is -0.491 e. The van der Waals surface area contributed by atoms with Crippen LogP contribution in [-0.4, -0.2) is 26.5 Å². The minimum absolute atomic E-state index is 0.438. The van der Waals surface area contributed by atoms with E-state index in [1.165, 1.54) is 0 Å². The van der Waals surface area contributed by atoms with E-state index in [4.69, 9.17) is 14.2 Å². The van der Waals surface area contributed by atoms with Crippen LogP contribution in [0.3, 0.4) is 0 Å². The smallest absolute Gasteiger partial charge is 0.250 e. The maximum absolute atomic E-state index is 6.12. The van der Waals surface area contributed by atoms with Crippen molar-refractivity contribution in [2.45, 2.75) is 20.8 Å². The van der Waals surface area contributed by atoms with Gasteiger partial charge in [0.05, 0.1) is 46.7 Å². The first-order valence-corrected chi connectivity index (χ1v) is 20.7. The fourth-order valence-electron chi connectivity index (χ4n) is 3.89. The summed E-state index contributed by atoms with van der Waals surface area (Å²) in [6, 6.07) is 0. The second kappa shape index (κ2) is 16.1. The molecular formula is C24H15BBr12O3. The van der Waals surface area contributed by atoms with Crippen LogP contribution in [0, 0.1) is 0 Å². The Morgan fingerprint density at radius 1 is 0.350 bits per heavy atom. The summed E-state index contributed by atoms with van der Waals surface area (Å²) in [4.78, 5) is 0. The highest BCUT2D eigenvalue weighted by Crippen LogP contribution is 2.47. The summed E-state index contributed by atoms with van der Waals surface area (Å²) in [6.45, 7) is 6.85. The average Bonchev–Trinajstić information content (AvgIpc) is 2.92. The van der Waals surface area contributed by atoms with Gasteiger partial charge in [0.1, 0.15) is 17.2 Å². The lowest BCUT2D eigenvalue weighted by Gasteiger charge is -2.28. The summed E-state index contributed by atoms with van der Waals surface area (Å²) in [6.07, 6.45) is 0. The molecule has 3 aromatic carbocycles. The van der Waals surface area contributed by atoms with Gasteiger partial charge in [0, 0.05) is 26.8 Å². The van der Waals surface area contributed by atoms with Crippen molar-refractivity contribution in [2.24, 2.45) is 0 Å². The normalized spacial score (nSPS) is 11.2. The number of ether oxygens (including phenoxy) is 3. The molecule has 0 N–H and O–H groups in total. The average molecular weight is 1320 g/mol. The van der Waals surface area contributed by atoms with Crippen LogP contribution in [0.1, 0.15) is 20.8 Å². The Labute approximate surface area is 334 Å². The quantitative estimate of drug-likeness (QED) is 0.121. The van der Waals surface area contributed by atoms with Gasteiger partial charge in [-0.25, -0.2) is 0 Å². The molecule has 0 saturated heterocycles. The second-order valence-electron chi connectivity index (χ2n) is 7.73. The summed E-state index contributed by atoms with van der Waals surface area (Å²) in [5.41, 5.74) is 2.69. The predicted octanol–water partition coefficient (Wildman–Crippen LogP) is 12.5. The zero-order valence-electron chi connectivity index (χ0n) is 20.5. The molecule has 0 fully saturated rings. The SMILES string of the molecule is CCOc1c(Br)c(Br)c(Br)c(B(c2c(Br)c(Br)c(Br)c(OCC)c2Br)c2c(Br)c(Br)c(Br)c(OCC)c2Br)c1Br. The van der Waals surface area contributed by atoms with Crippen LogP contribution in [0.25, 0.3) is 0 Å². The Bertz CT molecular complexity index is 1310. The molecule has 0 heterocycles. The first-order valence-electron chi connectivity index (χ1n) is 11.2. The zero-order valence-corrected chi connectivity index (χ0v) is 39.5. The highest BCUT2D eigenvalue weighted by atomic mass is 79.9. The van der Waals surface area contributed by atoms with E-state index in [1.807, 2.05) is 20.8 Å². The molecule has 0 aliphatic rings. The molecule has 0 aliphatic carbocycles. The summed E-state index contributed by atoms with van der Waals surface area (Å²) in [5, 5.41) is 0. The molecule has 0 spiro atoms. The molecule has 3 nitrogen and oxygen atoms in total. The second-order valence-corrected chi connectivity index (χ2v) is 17.2. The van der Waals surface area contributed by atoms with Gasteiger partial charge in [-0.15, -0.1) is 0 Å². The molecule has 0 radical (unpaired) electrons. The molecule has 0 atom stereocenters. The van der Waals surface area contributed by atoms with Crippen molar-refractivity contribution >= 4 is 214 Å². The molecule has 3 rings (SSSR count). The largest absolute Gasteiger partial charge is 0.491 e. The van der Waals surface area contributed by atoms with Crippen molar-refractivity contribution in [1.82, 2.24) is 0 Å². The monoisotopic (exact) mass is 1310 g/mol. The van der Waals surface area contributed by atoms with Crippen molar-refractivity contribution in [3.05, 3.63) is 53.7 Å². The van der Waals surface area contributed by atoms with E-state index in [2.05, 4.69) is 191 Å².